The average Bonchev–Trinajstić information content (AvgIpc) is 3.25. The maximum atomic E-state index is 12.2. The molecule has 0 saturated carbocycles. The summed E-state index contributed by atoms with van der Waals surface area (Å²) in [5.74, 6) is 0.661. The third-order valence-electron chi connectivity index (χ3n) is 3.64. The predicted molar refractivity (Wildman–Crippen MR) is 90.0 cm³/mol. The van der Waals surface area contributed by atoms with Crippen LogP contribution in [0.15, 0.2) is 29.6 Å². The zero-order chi connectivity index (χ0) is 16.1. The lowest BCUT2D eigenvalue weighted by Crippen LogP contribution is -2.31. The molecule has 1 saturated heterocycles. The Hall–Kier alpha value is -1.92. The molecule has 122 valence electrons. The molecule has 2 aromatic rings. The summed E-state index contributed by atoms with van der Waals surface area (Å²) >= 11 is 1.46. The van der Waals surface area contributed by atoms with Crippen molar-refractivity contribution in [2.45, 2.75) is 25.9 Å². The number of thiazole rings is 1. The lowest BCUT2D eigenvalue weighted by atomic mass is 10.2. The van der Waals surface area contributed by atoms with Crippen LogP contribution in [0.3, 0.4) is 0 Å². The normalized spacial score (nSPS) is 17.2. The highest BCUT2D eigenvalue weighted by molar-refractivity contribution is 7.13. The minimum atomic E-state index is -0.149. The van der Waals surface area contributed by atoms with E-state index in [1.165, 1.54) is 11.3 Å². The van der Waals surface area contributed by atoms with Crippen molar-refractivity contribution in [3.8, 4) is 16.3 Å². The Kier molecular flexibility index (Phi) is 5.25. The largest absolute Gasteiger partial charge is 0.494 e. The zero-order valence-corrected chi connectivity index (χ0v) is 13.9. The smallest absolute Gasteiger partial charge is 0.270 e. The van der Waals surface area contributed by atoms with Gasteiger partial charge in [-0.05, 0) is 31.9 Å². The molecule has 1 aromatic heterocycles. The van der Waals surface area contributed by atoms with Gasteiger partial charge in [-0.25, -0.2) is 4.98 Å². The standard InChI is InChI=1S/C17H20N2O3S/c1-2-21-13-6-3-5-12(9-13)17-19-15(11-23-17)16(20)18-10-14-7-4-8-22-14/h3,5-6,9,11,14H,2,4,7-8,10H2,1H3,(H,18,20). The van der Waals surface area contributed by atoms with E-state index in [-0.39, 0.29) is 12.0 Å². The second kappa shape index (κ2) is 7.57. The molecule has 1 amide bonds. The van der Waals surface area contributed by atoms with Gasteiger partial charge in [-0.3, -0.25) is 4.79 Å². The summed E-state index contributed by atoms with van der Waals surface area (Å²) in [4.78, 5) is 16.6. The number of carbonyl (C=O) groups is 1. The molecule has 2 heterocycles. The number of nitrogens with one attached hydrogen (secondary N) is 1. The van der Waals surface area contributed by atoms with Crippen molar-refractivity contribution in [1.29, 1.82) is 0 Å². The first-order valence-corrected chi connectivity index (χ1v) is 8.73. The summed E-state index contributed by atoms with van der Waals surface area (Å²) in [6.07, 6.45) is 2.21. The Bertz CT molecular complexity index is 665. The van der Waals surface area contributed by atoms with E-state index < -0.39 is 0 Å². The van der Waals surface area contributed by atoms with Gasteiger partial charge < -0.3 is 14.8 Å². The van der Waals surface area contributed by atoms with Gasteiger partial charge in [-0.2, -0.15) is 0 Å². The van der Waals surface area contributed by atoms with E-state index >= 15 is 0 Å². The second-order valence-corrected chi connectivity index (χ2v) is 6.20. The van der Waals surface area contributed by atoms with Gasteiger partial charge in [0.1, 0.15) is 16.5 Å². The molecule has 0 bridgehead atoms. The third-order valence-corrected chi connectivity index (χ3v) is 4.53. The number of hydrogen-bond acceptors (Lipinski definition) is 5. The lowest BCUT2D eigenvalue weighted by molar-refractivity contribution is 0.0854. The molecule has 5 nitrogen and oxygen atoms in total. The SMILES string of the molecule is CCOc1cccc(-c2nc(C(=O)NCC3CCCO3)cs2)c1. The van der Waals surface area contributed by atoms with Crippen molar-refractivity contribution >= 4 is 17.2 Å². The van der Waals surface area contributed by atoms with Crippen LogP contribution in [0.2, 0.25) is 0 Å². The van der Waals surface area contributed by atoms with E-state index in [0.717, 1.165) is 35.8 Å². The first-order valence-electron chi connectivity index (χ1n) is 7.85. The van der Waals surface area contributed by atoms with Crippen LogP contribution in [0, 0.1) is 0 Å². The number of amides is 1. The van der Waals surface area contributed by atoms with E-state index in [4.69, 9.17) is 9.47 Å². The summed E-state index contributed by atoms with van der Waals surface area (Å²) < 4.78 is 11.0. The van der Waals surface area contributed by atoms with E-state index in [0.29, 0.717) is 18.8 Å². The molecule has 0 aliphatic carbocycles. The minimum Gasteiger partial charge on any atom is -0.494 e. The van der Waals surface area contributed by atoms with Gasteiger partial charge in [-0.15, -0.1) is 11.3 Å². The molecule has 0 spiro atoms. The van der Waals surface area contributed by atoms with E-state index in [1.54, 1.807) is 5.38 Å². The first kappa shape index (κ1) is 16.0. The van der Waals surface area contributed by atoms with Crippen molar-refractivity contribution in [3.63, 3.8) is 0 Å². The molecular weight excluding hydrogens is 312 g/mol. The maximum Gasteiger partial charge on any atom is 0.270 e. The molecule has 1 unspecified atom stereocenters. The lowest BCUT2D eigenvalue weighted by Gasteiger charge is -2.09. The molecule has 0 radical (unpaired) electrons. The van der Waals surface area contributed by atoms with Crippen molar-refractivity contribution in [3.05, 3.63) is 35.3 Å². The fraction of sp³-hybridized carbons (Fsp3) is 0.412. The van der Waals surface area contributed by atoms with Gasteiger partial charge in [0.05, 0.1) is 12.7 Å². The molecular formula is C17H20N2O3S. The van der Waals surface area contributed by atoms with Gasteiger partial charge in [0.25, 0.3) is 5.91 Å². The van der Waals surface area contributed by atoms with Crippen LogP contribution in [0.25, 0.3) is 10.6 Å². The van der Waals surface area contributed by atoms with Crippen LogP contribution in [-0.2, 0) is 4.74 Å². The van der Waals surface area contributed by atoms with Crippen molar-refractivity contribution < 1.29 is 14.3 Å². The number of rotatable bonds is 6. The molecule has 1 atom stereocenters. The van der Waals surface area contributed by atoms with Crippen LogP contribution in [0.4, 0.5) is 0 Å². The van der Waals surface area contributed by atoms with Gasteiger partial charge in [0.2, 0.25) is 0 Å². The second-order valence-electron chi connectivity index (χ2n) is 5.34. The van der Waals surface area contributed by atoms with Crippen LogP contribution in [-0.4, -0.2) is 36.8 Å². The molecule has 1 aliphatic heterocycles. The van der Waals surface area contributed by atoms with E-state index in [2.05, 4.69) is 10.3 Å². The zero-order valence-electron chi connectivity index (χ0n) is 13.1. The summed E-state index contributed by atoms with van der Waals surface area (Å²) in [5, 5.41) is 5.49. The number of benzene rings is 1. The third kappa shape index (κ3) is 4.09. The highest BCUT2D eigenvalue weighted by Crippen LogP contribution is 2.27. The summed E-state index contributed by atoms with van der Waals surface area (Å²) in [5.41, 5.74) is 1.41. The average molecular weight is 332 g/mol. The molecule has 1 aromatic carbocycles. The number of aromatic nitrogens is 1. The van der Waals surface area contributed by atoms with E-state index in [9.17, 15) is 4.79 Å². The number of hydrogen-bond donors (Lipinski definition) is 1. The monoisotopic (exact) mass is 332 g/mol. The maximum absolute atomic E-state index is 12.2. The van der Waals surface area contributed by atoms with E-state index in [1.807, 2.05) is 31.2 Å². The van der Waals surface area contributed by atoms with Crippen molar-refractivity contribution in [2.75, 3.05) is 19.8 Å². The summed E-state index contributed by atoms with van der Waals surface area (Å²) in [6.45, 7) is 3.91. The minimum absolute atomic E-state index is 0.139. The Morgan fingerprint density at radius 3 is 3.22 bits per heavy atom. The Morgan fingerprint density at radius 2 is 2.43 bits per heavy atom. The van der Waals surface area contributed by atoms with Crippen LogP contribution in [0.5, 0.6) is 5.75 Å². The Labute approximate surface area is 139 Å². The first-order chi connectivity index (χ1) is 11.3. The Morgan fingerprint density at radius 1 is 1.52 bits per heavy atom. The van der Waals surface area contributed by atoms with Gasteiger partial charge in [-0.1, -0.05) is 12.1 Å². The van der Waals surface area contributed by atoms with Gasteiger partial charge in [0.15, 0.2) is 0 Å². The molecule has 1 aliphatic rings. The van der Waals surface area contributed by atoms with Crippen LogP contribution >= 0.6 is 11.3 Å². The molecule has 6 heteroatoms. The quantitative estimate of drug-likeness (QED) is 0.883. The topological polar surface area (TPSA) is 60.5 Å². The summed E-state index contributed by atoms with van der Waals surface area (Å²) in [7, 11) is 0. The molecule has 1 N–H and O–H groups in total. The van der Waals surface area contributed by atoms with Crippen molar-refractivity contribution in [1.82, 2.24) is 10.3 Å². The van der Waals surface area contributed by atoms with Gasteiger partial charge in [0, 0.05) is 24.1 Å². The number of nitrogens with zero attached hydrogens (tertiary/aromatic N) is 1. The van der Waals surface area contributed by atoms with Gasteiger partial charge >= 0.3 is 0 Å². The number of carbonyl (C=O) groups excluding carboxylic acids is 1. The number of ether oxygens (including phenoxy) is 2. The van der Waals surface area contributed by atoms with Crippen molar-refractivity contribution in [2.24, 2.45) is 0 Å². The molecule has 3 rings (SSSR count). The highest BCUT2D eigenvalue weighted by atomic mass is 32.1. The summed E-state index contributed by atoms with van der Waals surface area (Å²) in [6, 6.07) is 7.75. The fourth-order valence-electron chi connectivity index (χ4n) is 2.50. The Balaban J connectivity index is 1.64. The highest BCUT2D eigenvalue weighted by Gasteiger charge is 2.18. The molecule has 1 fully saturated rings. The van der Waals surface area contributed by atoms with Crippen LogP contribution < -0.4 is 10.1 Å². The van der Waals surface area contributed by atoms with Crippen LogP contribution in [0.1, 0.15) is 30.3 Å². The fourth-order valence-corrected chi connectivity index (χ4v) is 3.30. The predicted octanol–water partition coefficient (Wildman–Crippen LogP) is 3.12. The molecule has 23 heavy (non-hydrogen) atoms.